The summed E-state index contributed by atoms with van der Waals surface area (Å²) in [7, 11) is 0. The summed E-state index contributed by atoms with van der Waals surface area (Å²) >= 11 is 1.63. The average molecular weight is 307 g/mol. The minimum Gasteiger partial charge on any atom is -0.481 e. The Morgan fingerprint density at radius 1 is 1.33 bits per heavy atom. The summed E-state index contributed by atoms with van der Waals surface area (Å²) in [6, 6.07) is 5.96. The summed E-state index contributed by atoms with van der Waals surface area (Å²) in [5.74, 6) is -0.481. The van der Waals surface area contributed by atoms with E-state index in [-0.39, 0.29) is 18.2 Å². The Bertz CT molecular complexity index is 536. The molecule has 1 aliphatic rings. The van der Waals surface area contributed by atoms with Crippen LogP contribution in [0.2, 0.25) is 0 Å². The Morgan fingerprint density at radius 2 is 2.00 bits per heavy atom. The molecule has 1 amide bonds. The lowest BCUT2D eigenvalue weighted by Gasteiger charge is -2.31. The zero-order chi connectivity index (χ0) is 15.4. The van der Waals surface area contributed by atoms with Crippen LogP contribution in [0.3, 0.4) is 0 Å². The van der Waals surface area contributed by atoms with Crippen molar-refractivity contribution in [3.63, 3.8) is 0 Å². The summed E-state index contributed by atoms with van der Waals surface area (Å²) in [4.78, 5) is 26.3. The Morgan fingerprint density at radius 3 is 2.57 bits per heavy atom. The molecular weight excluding hydrogens is 286 g/mol. The maximum Gasteiger partial charge on any atom is 0.303 e. The first kappa shape index (κ1) is 15.9. The second kappa shape index (κ2) is 6.98. The first-order valence-electron chi connectivity index (χ1n) is 7.17. The van der Waals surface area contributed by atoms with E-state index in [4.69, 9.17) is 5.11 Å². The van der Waals surface area contributed by atoms with Crippen LogP contribution in [0.1, 0.15) is 35.2 Å². The second-order valence-electron chi connectivity index (χ2n) is 5.51. The van der Waals surface area contributed by atoms with Gasteiger partial charge in [-0.05, 0) is 49.6 Å². The summed E-state index contributed by atoms with van der Waals surface area (Å²) in [6.07, 6.45) is 3.76. The van der Waals surface area contributed by atoms with Gasteiger partial charge in [0, 0.05) is 30.0 Å². The fourth-order valence-corrected chi connectivity index (χ4v) is 3.16. The molecule has 0 radical (unpaired) electrons. The first-order chi connectivity index (χ1) is 10.0. The summed E-state index contributed by atoms with van der Waals surface area (Å²) in [5.41, 5.74) is 1.75. The number of hydrogen-bond donors (Lipinski definition) is 1. The number of carboxylic acids is 1. The number of carbonyl (C=O) groups is 2. The van der Waals surface area contributed by atoms with E-state index in [1.165, 1.54) is 0 Å². The molecule has 0 spiro atoms. The highest BCUT2D eigenvalue weighted by Crippen LogP contribution is 2.24. The monoisotopic (exact) mass is 307 g/mol. The van der Waals surface area contributed by atoms with Gasteiger partial charge in [-0.15, -0.1) is 11.8 Å². The molecule has 5 heteroatoms. The molecule has 4 nitrogen and oxygen atoms in total. The van der Waals surface area contributed by atoms with Crippen LogP contribution >= 0.6 is 11.8 Å². The normalized spacial score (nSPS) is 16.0. The van der Waals surface area contributed by atoms with Gasteiger partial charge in [0.1, 0.15) is 0 Å². The Hall–Kier alpha value is -1.49. The average Bonchev–Trinajstić information content (AvgIpc) is 2.47. The van der Waals surface area contributed by atoms with Crippen molar-refractivity contribution in [3.8, 4) is 0 Å². The van der Waals surface area contributed by atoms with E-state index in [2.05, 4.69) is 0 Å². The van der Waals surface area contributed by atoms with E-state index in [1.54, 1.807) is 11.8 Å². The Kier molecular flexibility index (Phi) is 5.28. The molecule has 2 rings (SSSR count). The van der Waals surface area contributed by atoms with Gasteiger partial charge in [-0.25, -0.2) is 0 Å². The Labute approximate surface area is 129 Å². The molecule has 0 unspecified atom stereocenters. The molecule has 21 heavy (non-hydrogen) atoms. The number of benzene rings is 1. The summed E-state index contributed by atoms with van der Waals surface area (Å²) in [5, 5.41) is 8.83. The van der Waals surface area contributed by atoms with Crippen molar-refractivity contribution < 1.29 is 14.7 Å². The molecule has 0 aliphatic carbocycles. The van der Waals surface area contributed by atoms with E-state index in [9.17, 15) is 9.59 Å². The fraction of sp³-hybridized carbons (Fsp3) is 0.500. The number of thioether (sulfide) groups is 1. The highest BCUT2D eigenvalue weighted by atomic mass is 32.2. The third-order valence-electron chi connectivity index (χ3n) is 4.04. The van der Waals surface area contributed by atoms with Crippen LogP contribution in [-0.2, 0) is 4.79 Å². The first-order valence-corrected chi connectivity index (χ1v) is 8.39. The quantitative estimate of drug-likeness (QED) is 0.869. The van der Waals surface area contributed by atoms with Crippen LogP contribution in [-0.4, -0.2) is 41.2 Å². The van der Waals surface area contributed by atoms with Gasteiger partial charge in [-0.1, -0.05) is 6.07 Å². The van der Waals surface area contributed by atoms with E-state index >= 15 is 0 Å². The third kappa shape index (κ3) is 4.00. The molecule has 1 saturated heterocycles. The molecule has 114 valence electrons. The van der Waals surface area contributed by atoms with E-state index in [1.807, 2.05) is 36.3 Å². The topological polar surface area (TPSA) is 57.6 Å². The fourth-order valence-electron chi connectivity index (χ4n) is 2.72. The lowest BCUT2D eigenvalue weighted by molar-refractivity contribution is -0.138. The highest BCUT2D eigenvalue weighted by molar-refractivity contribution is 7.98. The number of likely N-dealkylation sites (tertiary alicyclic amines) is 1. The maximum atomic E-state index is 12.6. The minimum atomic E-state index is -0.747. The number of carboxylic acid groups (broad SMARTS) is 1. The van der Waals surface area contributed by atoms with Gasteiger partial charge in [0.25, 0.3) is 5.91 Å². The van der Waals surface area contributed by atoms with Gasteiger partial charge < -0.3 is 10.0 Å². The molecule has 1 aliphatic heterocycles. The standard InChI is InChI=1S/C16H21NO3S/c1-11-3-4-13(21-2)10-14(11)16(20)17-7-5-12(6-8-17)9-15(18)19/h3-4,10,12H,5-9H2,1-2H3,(H,18,19). The van der Waals surface area contributed by atoms with Crippen LogP contribution in [0.15, 0.2) is 23.1 Å². The Balaban J connectivity index is 2.03. The van der Waals surface area contributed by atoms with Crippen LogP contribution in [0, 0.1) is 12.8 Å². The number of amides is 1. The number of rotatable bonds is 4. The molecule has 1 aromatic rings. The molecule has 1 heterocycles. The molecule has 0 aromatic heterocycles. The number of nitrogens with zero attached hydrogens (tertiary/aromatic N) is 1. The molecule has 0 saturated carbocycles. The smallest absolute Gasteiger partial charge is 0.303 e. The van der Waals surface area contributed by atoms with Crippen LogP contribution < -0.4 is 0 Å². The predicted molar refractivity (Wildman–Crippen MR) is 83.8 cm³/mol. The van der Waals surface area contributed by atoms with Gasteiger partial charge in [-0.2, -0.15) is 0 Å². The van der Waals surface area contributed by atoms with Crippen molar-refractivity contribution in [1.29, 1.82) is 0 Å². The lowest BCUT2D eigenvalue weighted by Crippen LogP contribution is -2.39. The SMILES string of the molecule is CSc1ccc(C)c(C(=O)N2CCC(CC(=O)O)CC2)c1. The zero-order valence-corrected chi connectivity index (χ0v) is 13.3. The molecule has 1 fully saturated rings. The van der Waals surface area contributed by atoms with Gasteiger partial charge >= 0.3 is 5.97 Å². The number of hydrogen-bond acceptors (Lipinski definition) is 3. The van der Waals surface area contributed by atoms with Crippen molar-refractivity contribution in [2.45, 2.75) is 31.1 Å². The maximum absolute atomic E-state index is 12.6. The largest absolute Gasteiger partial charge is 0.481 e. The molecular formula is C16H21NO3S. The van der Waals surface area contributed by atoms with Crippen molar-refractivity contribution >= 4 is 23.6 Å². The third-order valence-corrected chi connectivity index (χ3v) is 4.77. The van der Waals surface area contributed by atoms with Crippen LogP contribution in [0.4, 0.5) is 0 Å². The van der Waals surface area contributed by atoms with Crippen molar-refractivity contribution in [3.05, 3.63) is 29.3 Å². The molecule has 1 aromatic carbocycles. The van der Waals surface area contributed by atoms with Crippen LogP contribution in [0.5, 0.6) is 0 Å². The van der Waals surface area contributed by atoms with Crippen LogP contribution in [0.25, 0.3) is 0 Å². The molecule has 0 atom stereocenters. The molecule has 0 bridgehead atoms. The number of aryl methyl sites for hydroxylation is 1. The van der Waals surface area contributed by atoms with Gasteiger partial charge in [-0.3, -0.25) is 9.59 Å². The van der Waals surface area contributed by atoms with Crippen molar-refractivity contribution in [2.24, 2.45) is 5.92 Å². The van der Waals surface area contributed by atoms with Gasteiger partial charge in [0.2, 0.25) is 0 Å². The van der Waals surface area contributed by atoms with Gasteiger partial charge in [0.15, 0.2) is 0 Å². The van der Waals surface area contributed by atoms with Crippen molar-refractivity contribution in [1.82, 2.24) is 4.90 Å². The van der Waals surface area contributed by atoms with E-state index in [0.717, 1.165) is 28.9 Å². The zero-order valence-electron chi connectivity index (χ0n) is 12.5. The van der Waals surface area contributed by atoms with E-state index < -0.39 is 5.97 Å². The predicted octanol–water partition coefficient (Wildman–Crippen LogP) is 3.04. The number of aliphatic carboxylic acids is 1. The number of piperidine rings is 1. The summed E-state index contributed by atoms with van der Waals surface area (Å²) in [6.45, 7) is 3.26. The second-order valence-corrected chi connectivity index (χ2v) is 6.39. The lowest BCUT2D eigenvalue weighted by atomic mass is 9.93. The van der Waals surface area contributed by atoms with E-state index in [0.29, 0.717) is 13.1 Å². The molecule has 1 N–H and O–H groups in total. The minimum absolute atomic E-state index is 0.0668. The van der Waals surface area contributed by atoms with Crippen molar-refractivity contribution in [2.75, 3.05) is 19.3 Å². The highest BCUT2D eigenvalue weighted by Gasteiger charge is 2.25. The number of carbonyl (C=O) groups excluding carboxylic acids is 1. The summed E-state index contributed by atoms with van der Waals surface area (Å²) < 4.78 is 0. The van der Waals surface area contributed by atoms with Gasteiger partial charge in [0.05, 0.1) is 0 Å².